The summed E-state index contributed by atoms with van der Waals surface area (Å²) in [6.45, 7) is 3.91. The highest BCUT2D eigenvalue weighted by atomic mass is 19.1. The second kappa shape index (κ2) is 11.3. The Morgan fingerprint density at radius 2 is 1.79 bits per heavy atom. The second-order valence-corrected chi connectivity index (χ2v) is 8.55. The van der Waals surface area contributed by atoms with E-state index in [1.807, 2.05) is 42.7 Å². The van der Waals surface area contributed by atoms with Gasteiger partial charge in [-0.25, -0.2) is 9.18 Å². The van der Waals surface area contributed by atoms with Crippen LogP contribution in [0.2, 0.25) is 0 Å². The molecule has 0 aliphatic rings. The molecule has 190 valence electrons. The number of benzene rings is 3. The molecule has 4 aromatic rings. The van der Waals surface area contributed by atoms with E-state index in [9.17, 15) is 19.2 Å². The van der Waals surface area contributed by atoms with Gasteiger partial charge in [-0.15, -0.1) is 0 Å². The molecular formula is C30H24FN3O4. The zero-order valence-corrected chi connectivity index (χ0v) is 20.7. The van der Waals surface area contributed by atoms with Crippen molar-refractivity contribution in [1.82, 2.24) is 4.57 Å². The van der Waals surface area contributed by atoms with E-state index < -0.39 is 11.9 Å². The van der Waals surface area contributed by atoms with Crippen LogP contribution in [0.3, 0.4) is 0 Å². The molecule has 0 aliphatic heterocycles. The number of anilines is 1. The Balaban J connectivity index is 1.52. The number of nitrogens with zero attached hydrogens (tertiary/aromatic N) is 2. The van der Waals surface area contributed by atoms with E-state index in [1.165, 1.54) is 30.3 Å². The average molecular weight is 510 g/mol. The van der Waals surface area contributed by atoms with Crippen LogP contribution < -0.4 is 10.1 Å². The number of carbonyl (C=O) groups is 2. The fourth-order valence-electron chi connectivity index (χ4n) is 4.03. The quantitative estimate of drug-likeness (QED) is 0.222. The third kappa shape index (κ3) is 5.79. The van der Waals surface area contributed by atoms with Crippen molar-refractivity contribution in [1.29, 1.82) is 5.26 Å². The maximum Gasteiger partial charge on any atom is 0.335 e. The third-order valence-electron chi connectivity index (χ3n) is 5.95. The van der Waals surface area contributed by atoms with E-state index in [4.69, 9.17) is 9.84 Å². The molecule has 4 rings (SSSR count). The topological polar surface area (TPSA) is 104 Å². The predicted molar refractivity (Wildman–Crippen MR) is 142 cm³/mol. The second-order valence-electron chi connectivity index (χ2n) is 8.55. The first-order valence-electron chi connectivity index (χ1n) is 11.7. The fourth-order valence-corrected chi connectivity index (χ4v) is 4.03. The van der Waals surface area contributed by atoms with Crippen LogP contribution in [0, 0.1) is 31.0 Å². The molecule has 0 fully saturated rings. The number of nitrogens with one attached hydrogen (secondary N) is 1. The van der Waals surface area contributed by atoms with Crippen molar-refractivity contribution in [3.63, 3.8) is 0 Å². The van der Waals surface area contributed by atoms with Crippen molar-refractivity contribution in [3.05, 3.63) is 118 Å². The Hall–Kier alpha value is -5.16. The molecular weight excluding hydrogens is 485 g/mol. The molecule has 1 heterocycles. The van der Waals surface area contributed by atoms with Crippen molar-refractivity contribution in [2.24, 2.45) is 0 Å². The number of rotatable bonds is 8. The summed E-state index contributed by atoms with van der Waals surface area (Å²) in [6, 6.07) is 23.4. The number of carboxylic acids is 1. The molecule has 0 spiro atoms. The Kier molecular flexibility index (Phi) is 7.69. The van der Waals surface area contributed by atoms with Crippen molar-refractivity contribution in [2.45, 2.75) is 20.5 Å². The Labute approximate surface area is 219 Å². The van der Waals surface area contributed by atoms with Gasteiger partial charge in [0.05, 0.1) is 5.56 Å². The van der Waals surface area contributed by atoms with E-state index in [2.05, 4.69) is 5.32 Å². The van der Waals surface area contributed by atoms with E-state index in [-0.39, 0.29) is 29.2 Å². The van der Waals surface area contributed by atoms with E-state index >= 15 is 0 Å². The highest BCUT2D eigenvalue weighted by Crippen LogP contribution is 2.25. The van der Waals surface area contributed by atoms with Gasteiger partial charge >= 0.3 is 5.97 Å². The van der Waals surface area contributed by atoms with Crippen LogP contribution in [-0.2, 0) is 11.4 Å². The molecule has 1 amide bonds. The van der Waals surface area contributed by atoms with Crippen LogP contribution in [0.5, 0.6) is 5.75 Å². The standard InChI is InChI=1S/C30H24FN3O4/c1-19-14-23(15-24(17-32)29(35)33-25-8-5-7-21(16-25)30(36)37)20(2)34(19)26-10-12-27(13-11-26)38-18-22-6-3-4-9-28(22)31/h3-16H,18H2,1-2H3,(H,33,35)(H,36,37)/b24-15-. The summed E-state index contributed by atoms with van der Waals surface area (Å²) in [5, 5.41) is 21.3. The molecule has 0 aliphatic carbocycles. The predicted octanol–water partition coefficient (Wildman–Crippen LogP) is 6.06. The summed E-state index contributed by atoms with van der Waals surface area (Å²) in [5.74, 6) is -1.48. The van der Waals surface area contributed by atoms with Crippen LogP contribution in [-0.4, -0.2) is 21.6 Å². The molecule has 0 saturated heterocycles. The number of hydrogen-bond acceptors (Lipinski definition) is 4. The van der Waals surface area contributed by atoms with Gasteiger partial charge in [0.25, 0.3) is 5.91 Å². The number of hydrogen-bond donors (Lipinski definition) is 2. The van der Waals surface area contributed by atoms with Crippen molar-refractivity contribution in [3.8, 4) is 17.5 Å². The van der Waals surface area contributed by atoms with Gasteiger partial charge < -0.3 is 19.7 Å². The number of halogens is 1. The highest BCUT2D eigenvalue weighted by Gasteiger charge is 2.15. The lowest BCUT2D eigenvalue weighted by molar-refractivity contribution is -0.112. The molecule has 0 atom stereocenters. The lowest BCUT2D eigenvalue weighted by atomic mass is 10.1. The zero-order valence-electron chi connectivity index (χ0n) is 20.7. The average Bonchev–Trinajstić information content (AvgIpc) is 3.19. The van der Waals surface area contributed by atoms with Gasteiger partial charge in [0.1, 0.15) is 29.8 Å². The van der Waals surface area contributed by atoms with Crippen molar-refractivity contribution >= 4 is 23.6 Å². The molecule has 7 nitrogen and oxygen atoms in total. The van der Waals surface area contributed by atoms with Gasteiger partial charge in [-0.2, -0.15) is 5.26 Å². The van der Waals surface area contributed by atoms with Crippen LogP contribution in [0.15, 0.2) is 84.4 Å². The van der Waals surface area contributed by atoms with E-state index in [1.54, 1.807) is 36.4 Å². The van der Waals surface area contributed by atoms with Gasteiger partial charge in [0.2, 0.25) is 0 Å². The Morgan fingerprint density at radius 3 is 2.47 bits per heavy atom. The Bertz CT molecular complexity index is 1580. The fraction of sp³-hybridized carbons (Fsp3) is 0.100. The molecule has 3 aromatic carbocycles. The van der Waals surface area contributed by atoms with Crippen LogP contribution in [0.25, 0.3) is 11.8 Å². The van der Waals surface area contributed by atoms with Gasteiger partial charge in [0.15, 0.2) is 0 Å². The van der Waals surface area contributed by atoms with Crippen LogP contribution >= 0.6 is 0 Å². The van der Waals surface area contributed by atoms with E-state index in [0.29, 0.717) is 16.9 Å². The number of aromatic carboxylic acids is 1. The van der Waals surface area contributed by atoms with Gasteiger partial charge in [0, 0.05) is 28.3 Å². The largest absolute Gasteiger partial charge is 0.489 e. The minimum atomic E-state index is -1.12. The summed E-state index contributed by atoms with van der Waals surface area (Å²) in [6.07, 6.45) is 1.50. The van der Waals surface area contributed by atoms with Gasteiger partial charge in [-0.05, 0) is 80.1 Å². The summed E-state index contributed by atoms with van der Waals surface area (Å²) in [4.78, 5) is 23.9. The first kappa shape index (κ1) is 25.9. The zero-order chi connectivity index (χ0) is 27.2. The third-order valence-corrected chi connectivity index (χ3v) is 5.95. The smallest absolute Gasteiger partial charge is 0.335 e. The summed E-state index contributed by atoms with van der Waals surface area (Å²) in [7, 11) is 0. The molecule has 0 radical (unpaired) electrons. The summed E-state index contributed by atoms with van der Waals surface area (Å²) >= 11 is 0. The minimum Gasteiger partial charge on any atom is -0.489 e. The first-order chi connectivity index (χ1) is 18.3. The molecule has 1 aromatic heterocycles. The highest BCUT2D eigenvalue weighted by molar-refractivity contribution is 6.10. The monoisotopic (exact) mass is 509 g/mol. The lowest BCUT2D eigenvalue weighted by Gasteiger charge is -2.12. The molecule has 8 heteroatoms. The Morgan fingerprint density at radius 1 is 1.05 bits per heavy atom. The number of nitriles is 1. The summed E-state index contributed by atoms with van der Waals surface area (Å²) in [5.41, 5.74) is 3.90. The summed E-state index contributed by atoms with van der Waals surface area (Å²) < 4.78 is 21.5. The number of carbonyl (C=O) groups excluding carboxylic acids is 1. The molecule has 0 bridgehead atoms. The molecule has 0 unspecified atom stereocenters. The molecule has 38 heavy (non-hydrogen) atoms. The van der Waals surface area contributed by atoms with Gasteiger partial charge in [-0.3, -0.25) is 4.79 Å². The molecule has 0 saturated carbocycles. The normalized spacial score (nSPS) is 11.1. The number of aryl methyl sites for hydroxylation is 1. The van der Waals surface area contributed by atoms with Crippen molar-refractivity contribution < 1.29 is 23.8 Å². The number of ether oxygens (including phenoxy) is 1. The van der Waals surface area contributed by atoms with Crippen LogP contribution in [0.4, 0.5) is 10.1 Å². The SMILES string of the molecule is Cc1cc(/C=C(/C#N)C(=O)Nc2cccc(C(=O)O)c2)c(C)n1-c1ccc(OCc2ccccc2F)cc1. The maximum atomic E-state index is 13.8. The van der Waals surface area contributed by atoms with E-state index in [0.717, 1.165) is 17.1 Å². The first-order valence-corrected chi connectivity index (χ1v) is 11.7. The number of aromatic nitrogens is 1. The number of amides is 1. The molecule has 2 N–H and O–H groups in total. The maximum absolute atomic E-state index is 13.8. The minimum absolute atomic E-state index is 0.0254. The van der Waals surface area contributed by atoms with Gasteiger partial charge in [-0.1, -0.05) is 24.3 Å². The van der Waals surface area contributed by atoms with Crippen LogP contribution in [0.1, 0.15) is 32.9 Å². The van der Waals surface area contributed by atoms with Crippen molar-refractivity contribution in [2.75, 3.05) is 5.32 Å². The number of carboxylic acid groups (broad SMARTS) is 1. The lowest BCUT2D eigenvalue weighted by Crippen LogP contribution is -2.14.